The summed E-state index contributed by atoms with van der Waals surface area (Å²) in [6.45, 7) is 2.08. The summed E-state index contributed by atoms with van der Waals surface area (Å²) in [7, 11) is 0. The molecule has 0 unspecified atom stereocenters. The third-order valence-corrected chi connectivity index (χ3v) is 3.70. The Hall–Kier alpha value is -1.26. The first-order chi connectivity index (χ1) is 9.24. The predicted octanol–water partition coefficient (Wildman–Crippen LogP) is 4.60. The minimum absolute atomic E-state index is 0.465. The zero-order chi connectivity index (χ0) is 13.7. The molecule has 2 rings (SSSR count). The minimum atomic E-state index is 0.465. The quantitative estimate of drug-likeness (QED) is 0.596. The summed E-state index contributed by atoms with van der Waals surface area (Å²) >= 11 is 7.78. The highest BCUT2D eigenvalue weighted by atomic mass is 35.5. The highest BCUT2D eigenvalue weighted by Crippen LogP contribution is 2.28. The second-order valence-corrected chi connectivity index (χ2v) is 5.21. The molecule has 0 atom stereocenters. The first-order valence-corrected chi connectivity index (χ1v) is 7.66. The number of ether oxygens (including phenoxy) is 1. The molecule has 19 heavy (non-hydrogen) atoms. The maximum Gasteiger partial charge on any atom is 0.226 e. The number of aromatic nitrogens is 2. The predicted molar refractivity (Wildman–Crippen MR) is 79.3 cm³/mol. The van der Waals surface area contributed by atoms with Crippen molar-refractivity contribution in [1.82, 2.24) is 9.97 Å². The van der Waals surface area contributed by atoms with Gasteiger partial charge in [-0.3, -0.25) is 0 Å². The van der Waals surface area contributed by atoms with Gasteiger partial charge in [-0.05, 0) is 36.9 Å². The molecule has 0 aliphatic carbocycles. The van der Waals surface area contributed by atoms with Crippen molar-refractivity contribution in [1.29, 1.82) is 0 Å². The van der Waals surface area contributed by atoms with Crippen LogP contribution in [0, 0.1) is 0 Å². The van der Waals surface area contributed by atoms with Crippen molar-refractivity contribution >= 4 is 23.4 Å². The molecule has 0 N–H and O–H groups in total. The zero-order valence-electron chi connectivity index (χ0n) is 10.9. The SMILES string of the molecule is CCCc1c(Cl)ncnc1Oc1ccc(SC)cc1. The van der Waals surface area contributed by atoms with Crippen molar-refractivity contribution in [2.45, 2.75) is 24.7 Å². The van der Waals surface area contributed by atoms with E-state index in [4.69, 9.17) is 16.3 Å². The van der Waals surface area contributed by atoms with E-state index in [1.165, 1.54) is 11.2 Å². The molecular formula is C14H15ClN2OS. The largest absolute Gasteiger partial charge is 0.439 e. The normalized spacial score (nSPS) is 10.5. The number of thioether (sulfide) groups is 1. The molecule has 0 spiro atoms. The summed E-state index contributed by atoms with van der Waals surface area (Å²) in [6, 6.07) is 7.89. The average molecular weight is 295 g/mol. The van der Waals surface area contributed by atoms with E-state index in [1.54, 1.807) is 11.8 Å². The van der Waals surface area contributed by atoms with Crippen LogP contribution < -0.4 is 4.74 Å². The third kappa shape index (κ3) is 3.61. The van der Waals surface area contributed by atoms with E-state index in [1.807, 2.05) is 30.5 Å². The van der Waals surface area contributed by atoms with Crippen molar-refractivity contribution in [2.24, 2.45) is 0 Å². The Morgan fingerprint density at radius 2 is 1.95 bits per heavy atom. The van der Waals surface area contributed by atoms with Crippen LogP contribution in [0.15, 0.2) is 35.5 Å². The van der Waals surface area contributed by atoms with Crippen LogP contribution in [0.3, 0.4) is 0 Å². The monoisotopic (exact) mass is 294 g/mol. The molecule has 1 aromatic heterocycles. The molecule has 0 aliphatic heterocycles. The molecule has 5 heteroatoms. The summed E-state index contributed by atoms with van der Waals surface area (Å²) in [4.78, 5) is 9.37. The van der Waals surface area contributed by atoms with Crippen LogP contribution in [-0.2, 0) is 6.42 Å². The smallest absolute Gasteiger partial charge is 0.226 e. The Morgan fingerprint density at radius 3 is 2.58 bits per heavy atom. The van der Waals surface area contributed by atoms with E-state index >= 15 is 0 Å². The topological polar surface area (TPSA) is 35.0 Å². The van der Waals surface area contributed by atoms with Gasteiger partial charge in [-0.2, -0.15) is 0 Å². The van der Waals surface area contributed by atoms with Gasteiger partial charge in [0.05, 0.1) is 5.56 Å². The number of hydrogen-bond donors (Lipinski definition) is 0. The molecule has 0 saturated carbocycles. The van der Waals surface area contributed by atoms with Crippen molar-refractivity contribution in [3.63, 3.8) is 0 Å². The molecule has 2 aromatic rings. The van der Waals surface area contributed by atoms with Gasteiger partial charge in [0.15, 0.2) is 0 Å². The number of rotatable bonds is 5. The van der Waals surface area contributed by atoms with Crippen LogP contribution in [0.5, 0.6) is 11.6 Å². The summed E-state index contributed by atoms with van der Waals surface area (Å²) in [5.41, 5.74) is 0.862. The number of hydrogen-bond acceptors (Lipinski definition) is 4. The van der Waals surface area contributed by atoms with Gasteiger partial charge in [-0.15, -0.1) is 11.8 Å². The van der Waals surface area contributed by atoms with E-state index < -0.39 is 0 Å². The third-order valence-electron chi connectivity index (χ3n) is 2.63. The second-order valence-electron chi connectivity index (χ2n) is 3.98. The first-order valence-electron chi connectivity index (χ1n) is 6.06. The highest BCUT2D eigenvalue weighted by molar-refractivity contribution is 7.98. The van der Waals surface area contributed by atoms with Crippen LogP contribution in [0.4, 0.5) is 0 Å². The Labute approximate surface area is 122 Å². The molecule has 0 bridgehead atoms. The molecule has 100 valence electrons. The zero-order valence-corrected chi connectivity index (χ0v) is 12.5. The molecule has 1 heterocycles. The van der Waals surface area contributed by atoms with Crippen molar-refractivity contribution < 1.29 is 4.74 Å². The van der Waals surface area contributed by atoms with E-state index in [9.17, 15) is 0 Å². The number of halogens is 1. The van der Waals surface area contributed by atoms with Crippen molar-refractivity contribution in [2.75, 3.05) is 6.26 Å². The van der Waals surface area contributed by atoms with E-state index in [0.717, 1.165) is 24.2 Å². The standard InChI is InChI=1S/C14H15ClN2OS/c1-3-4-12-13(15)16-9-17-14(12)18-10-5-7-11(19-2)8-6-10/h5-9H,3-4H2,1-2H3. The fraction of sp³-hybridized carbons (Fsp3) is 0.286. The lowest BCUT2D eigenvalue weighted by Gasteiger charge is -2.10. The lowest BCUT2D eigenvalue weighted by Crippen LogP contribution is -1.97. The van der Waals surface area contributed by atoms with Gasteiger partial charge in [-0.25, -0.2) is 9.97 Å². The molecule has 3 nitrogen and oxygen atoms in total. The van der Waals surface area contributed by atoms with Crippen molar-refractivity contribution in [3.05, 3.63) is 41.3 Å². The molecule has 0 saturated heterocycles. The molecule has 0 radical (unpaired) electrons. The highest BCUT2D eigenvalue weighted by Gasteiger charge is 2.11. The lowest BCUT2D eigenvalue weighted by molar-refractivity contribution is 0.453. The second kappa shape index (κ2) is 6.78. The number of benzene rings is 1. The van der Waals surface area contributed by atoms with Gasteiger partial charge in [0.25, 0.3) is 0 Å². The van der Waals surface area contributed by atoms with Gasteiger partial charge < -0.3 is 4.74 Å². The van der Waals surface area contributed by atoms with Gasteiger partial charge in [0, 0.05) is 4.90 Å². The molecular weight excluding hydrogens is 280 g/mol. The first kappa shape index (κ1) is 14.2. The molecule has 0 amide bonds. The fourth-order valence-electron chi connectivity index (χ4n) is 1.68. The van der Waals surface area contributed by atoms with E-state index in [-0.39, 0.29) is 0 Å². The molecule has 0 fully saturated rings. The Balaban J connectivity index is 2.24. The summed E-state index contributed by atoms with van der Waals surface area (Å²) in [5.74, 6) is 1.30. The van der Waals surface area contributed by atoms with Crippen LogP contribution in [0.2, 0.25) is 5.15 Å². The van der Waals surface area contributed by atoms with E-state index in [0.29, 0.717) is 11.0 Å². The maximum atomic E-state index is 6.09. The van der Waals surface area contributed by atoms with Gasteiger partial charge in [0.2, 0.25) is 5.88 Å². The van der Waals surface area contributed by atoms with E-state index in [2.05, 4.69) is 16.9 Å². The van der Waals surface area contributed by atoms with Crippen LogP contribution in [0.1, 0.15) is 18.9 Å². The van der Waals surface area contributed by atoms with Gasteiger partial charge >= 0.3 is 0 Å². The van der Waals surface area contributed by atoms with Gasteiger partial charge in [0.1, 0.15) is 17.2 Å². The van der Waals surface area contributed by atoms with Crippen molar-refractivity contribution in [3.8, 4) is 11.6 Å². The van der Waals surface area contributed by atoms with Crippen LogP contribution in [0.25, 0.3) is 0 Å². The summed E-state index contributed by atoms with van der Waals surface area (Å²) in [5, 5.41) is 0.465. The Kier molecular flexibility index (Phi) is 5.05. The average Bonchev–Trinajstić information content (AvgIpc) is 2.43. The minimum Gasteiger partial charge on any atom is -0.439 e. The molecule has 0 aliphatic rings. The number of nitrogens with zero attached hydrogens (tertiary/aromatic N) is 2. The summed E-state index contributed by atoms with van der Waals surface area (Å²) in [6.07, 6.45) is 5.24. The van der Waals surface area contributed by atoms with Crippen LogP contribution in [-0.4, -0.2) is 16.2 Å². The van der Waals surface area contributed by atoms with Gasteiger partial charge in [-0.1, -0.05) is 24.9 Å². The Morgan fingerprint density at radius 1 is 1.21 bits per heavy atom. The summed E-state index contributed by atoms with van der Waals surface area (Å²) < 4.78 is 5.80. The van der Waals surface area contributed by atoms with Crippen LogP contribution >= 0.6 is 23.4 Å². The molecule has 1 aromatic carbocycles. The lowest BCUT2D eigenvalue weighted by atomic mass is 10.2. The maximum absolute atomic E-state index is 6.09. The Bertz CT molecular complexity index is 546. The fourth-order valence-corrected chi connectivity index (χ4v) is 2.31.